The summed E-state index contributed by atoms with van der Waals surface area (Å²) in [7, 11) is -8.92. The van der Waals surface area contributed by atoms with Gasteiger partial charge < -0.3 is 5.32 Å². The van der Waals surface area contributed by atoms with Crippen molar-refractivity contribution in [3.05, 3.63) is 351 Å². The van der Waals surface area contributed by atoms with E-state index in [2.05, 4.69) is 38.7 Å². The lowest BCUT2D eigenvalue weighted by atomic mass is 10.1. The van der Waals surface area contributed by atoms with Gasteiger partial charge in [-0.2, -0.15) is 0 Å². The van der Waals surface area contributed by atoms with Gasteiger partial charge in [0.25, 0.3) is 0 Å². The number of fused-ring (bicyclic) bond motifs is 6. The number of nitrogens with one attached hydrogen (secondary N) is 1. The van der Waals surface area contributed by atoms with Crippen molar-refractivity contribution in [3.8, 4) is 22.3 Å². The molecule has 0 bridgehead atoms. The van der Waals surface area contributed by atoms with Gasteiger partial charge >= 0.3 is 0 Å². The van der Waals surface area contributed by atoms with Crippen molar-refractivity contribution in [2.45, 2.75) is 6.29 Å². The molecule has 0 saturated heterocycles. The Balaban J connectivity index is 1.12. The molecule has 1 aliphatic heterocycles. The molecule has 5 nitrogen and oxygen atoms in total. The second-order valence-corrected chi connectivity index (χ2v) is 29.3. The summed E-state index contributed by atoms with van der Waals surface area (Å²) < 4.78 is 130. The highest BCUT2D eigenvalue weighted by Crippen LogP contribution is 2.36. The lowest BCUT2D eigenvalue weighted by Crippen LogP contribution is -2.78. The Bertz CT molecular complexity index is 5480. The molecular formula is C81H59N5Si2. The molecule has 1 N–H and O–H groups in total. The van der Waals surface area contributed by atoms with Crippen LogP contribution in [0.25, 0.3) is 65.9 Å². The molecule has 0 aliphatic carbocycles. The van der Waals surface area contributed by atoms with E-state index in [-0.39, 0.29) is 51.0 Å². The zero-order valence-corrected chi connectivity index (χ0v) is 49.3. The summed E-state index contributed by atoms with van der Waals surface area (Å²) >= 11 is 0. The van der Waals surface area contributed by atoms with Crippen molar-refractivity contribution in [2.24, 2.45) is 9.98 Å². The standard InChI is InChI=1S/C81H59N5Si2/c1-7-29-58(30-8-1)60-33-27-43-67(53-60)87(63-35-11-3-12-36-63,64-37-13-4-14-38-64)69-55-62(56-70(57-69)88(65-39-15-5-16-40-65,66-41-17-6-18-42-66)68-44-28-34-61(54-68)59-31-9-2-10-32-59)79-82-80(85-75-49-23-19-45-71(75)72-46-20-24-50-76(72)85)84-81(83-79)86-77-51-25-21-47-73(77)74-48-22-26-52-78(74)86/h1-57,80H,(H,82,83,84)/i1D,2D,7D,8D,9D,10D,29D,30D,31D,32D,55D,56D,57D. The van der Waals surface area contributed by atoms with E-state index in [1.54, 1.807) is 24.3 Å². The highest BCUT2D eigenvalue weighted by molar-refractivity contribution is 7.22. The number of hydrogen-bond donors (Lipinski definition) is 1. The van der Waals surface area contributed by atoms with Crippen LogP contribution < -0.4 is 46.8 Å². The van der Waals surface area contributed by atoms with Gasteiger partial charge in [-0.05, 0) is 88.0 Å². The van der Waals surface area contributed by atoms with Gasteiger partial charge in [-0.15, -0.1) is 0 Å². The van der Waals surface area contributed by atoms with Crippen LogP contribution in [0.4, 0.5) is 0 Å². The number of aliphatic imine (C=N–C) groups is 2. The topological polar surface area (TPSA) is 46.6 Å². The van der Waals surface area contributed by atoms with E-state index in [4.69, 9.17) is 18.2 Å². The first-order chi connectivity index (χ1) is 49.1. The molecule has 1 atom stereocenters. The predicted octanol–water partition coefficient (Wildman–Crippen LogP) is 13.4. The van der Waals surface area contributed by atoms with Gasteiger partial charge in [0.15, 0.2) is 16.1 Å². The minimum atomic E-state index is -4.46. The largest absolute Gasteiger partial charge is 0.310 e. The van der Waals surface area contributed by atoms with Crippen molar-refractivity contribution in [1.82, 2.24) is 14.5 Å². The van der Waals surface area contributed by atoms with Crippen molar-refractivity contribution in [1.29, 1.82) is 0 Å². The SMILES string of the molecule is [2H]c1c([2H])c([2H])c(-c2cccc([Si](c3ccccc3)(c3ccccc3)c3c([2H])c(C4=NC(n5c6ccccc6c6ccccc65)N=C(n5c6ccccc6c6ccccc65)N4)c([2H])c([Si](c4ccccc4)(c4ccccc4)c4cccc(-c5c([2H])c([2H])c([2H])c([2H])c5[2H])c4)c3[2H])c2)c([2H])c1[2H]. The van der Waals surface area contributed by atoms with Gasteiger partial charge in [0, 0.05) is 27.1 Å². The van der Waals surface area contributed by atoms with Crippen LogP contribution in [0.2, 0.25) is 0 Å². The van der Waals surface area contributed by atoms with Crippen LogP contribution in [0, 0.1) is 0 Å². The van der Waals surface area contributed by atoms with Crippen LogP contribution >= 0.6 is 0 Å². The van der Waals surface area contributed by atoms with Crippen LogP contribution in [-0.2, 0) is 0 Å². The summed E-state index contributed by atoms with van der Waals surface area (Å²) in [6.45, 7) is 0. The van der Waals surface area contributed by atoms with Crippen molar-refractivity contribution in [3.63, 3.8) is 0 Å². The quantitative estimate of drug-likeness (QED) is 0.0962. The van der Waals surface area contributed by atoms with Crippen LogP contribution in [0.5, 0.6) is 0 Å². The Labute approximate surface area is 532 Å². The third-order valence-corrected chi connectivity index (χ3v) is 26.2. The fraction of sp³-hybridized carbons (Fsp3) is 0.0123. The van der Waals surface area contributed by atoms with Crippen LogP contribution in [0.1, 0.15) is 29.7 Å². The maximum atomic E-state index is 11.9. The molecule has 3 heterocycles. The Morgan fingerprint density at radius 3 is 1.07 bits per heavy atom. The highest BCUT2D eigenvalue weighted by Gasteiger charge is 2.47. The minimum absolute atomic E-state index is 0.0287. The molecule has 15 aromatic rings. The third-order valence-electron chi connectivity index (χ3n) is 17.1. The van der Waals surface area contributed by atoms with Crippen LogP contribution in [0.3, 0.4) is 0 Å². The first kappa shape index (κ1) is 40.4. The van der Waals surface area contributed by atoms with E-state index < -0.39 is 82.9 Å². The molecule has 0 fully saturated rings. The van der Waals surface area contributed by atoms with Crippen LogP contribution in [0.15, 0.2) is 355 Å². The summed E-state index contributed by atoms with van der Waals surface area (Å²) in [5, 5.41) is 12.1. The van der Waals surface area contributed by atoms with E-state index in [0.29, 0.717) is 48.2 Å². The summed E-state index contributed by atoms with van der Waals surface area (Å²) in [6, 6.07) is 80.5. The Morgan fingerprint density at radius 2 is 0.659 bits per heavy atom. The maximum Gasteiger partial charge on any atom is 0.226 e. The monoisotopic (exact) mass is 1170 g/mol. The molecule has 416 valence electrons. The number of benzene rings is 13. The minimum Gasteiger partial charge on any atom is -0.310 e. The first-order valence-corrected chi connectivity index (χ1v) is 33.2. The predicted molar refractivity (Wildman–Crippen MR) is 375 cm³/mol. The molecule has 2 aromatic heterocycles. The van der Waals surface area contributed by atoms with Crippen molar-refractivity contribution in [2.75, 3.05) is 0 Å². The second kappa shape index (κ2) is 22.1. The number of aromatic nitrogens is 2. The second-order valence-electron chi connectivity index (χ2n) is 21.8. The van der Waals surface area contributed by atoms with Gasteiger partial charge in [-0.1, -0.05) is 321 Å². The summed E-state index contributed by atoms with van der Waals surface area (Å²) in [5.41, 5.74) is 3.86. The van der Waals surface area contributed by atoms with Crippen molar-refractivity contribution >= 4 is 113 Å². The molecular weight excluding hydrogens is 1100 g/mol. The smallest absolute Gasteiger partial charge is 0.226 e. The lowest BCUT2D eigenvalue weighted by Gasteiger charge is -2.39. The van der Waals surface area contributed by atoms with E-state index in [0.717, 1.165) is 43.6 Å². The summed E-state index contributed by atoms with van der Waals surface area (Å²) in [6.07, 6.45) is -1.12. The molecule has 1 unspecified atom stereocenters. The van der Waals surface area contributed by atoms with Gasteiger partial charge in [0.2, 0.25) is 12.2 Å². The summed E-state index contributed by atoms with van der Waals surface area (Å²) in [4.78, 5) is 11.4. The number of para-hydroxylation sites is 4. The Hall–Kier alpha value is -11.0. The average Bonchev–Trinajstić information content (AvgIpc) is 1.45. The maximum absolute atomic E-state index is 11.9. The molecule has 13 aromatic carbocycles. The summed E-state index contributed by atoms with van der Waals surface area (Å²) in [5.74, 6) is 0.424. The number of rotatable bonds is 12. The molecule has 7 heteroatoms. The van der Waals surface area contributed by atoms with E-state index >= 15 is 0 Å². The van der Waals surface area contributed by atoms with Crippen LogP contribution in [-0.4, -0.2) is 37.1 Å². The number of nitrogens with zero attached hydrogens (tertiary/aromatic N) is 4. The molecule has 0 saturated carbocycles. The highest BCUT2D eigenvalue weighted by atomic mass is 28.3. The van der Waals surface area contributed by atoms with Gasteiger partial charge in [0.1, 0.15) is 5.84 Å². The van der Waals surface area contributed by atoms with Gasteiger partial charge in [-0.3, -0.25) is 9.13 Å². The van der Waals surface area contributed by atoms with Gasteiger partial charge in [-0.25, -0.2) is 9.98 Å². The number of amidine groups is 1. The van der Waals surface area contributed by atoms with Gasteiger partial charge in [0.05, 0.1) is 39.9 Å². The van der Waals surface area contributed by atoms with Crippen molar-refractivity contribution < 1.29 is 17.8 Å². The molecule has 88 heavy (non-hydrogen) atoms. The Kier molecular flexibility index (Phi) is 10.2. The lowest BCUT2D eigenvalue weighted by molar-refractivity contribution is 0.571. The zero-order valence-electron chi connectivity index (χ0n) is 60.3. The first-order valence-electron chi connectivity index (χ1n) is 35.7. The van der Waals surface area contributed by atoms with E-state index in [9.17, 15) is 9.60 Å². The fourth-order valence-corrected chi connectivity index (χ4v) is 22.6. The molecule has 0 amide bonds. The van der Waals surface area contributed by atoms with E-state index in [1.165, 1.54) is 0 Å². The molecule has 0 spiro atoms. The fourth-order valence-electron chi connectivity index (χ4n) is 13.3. The zero-order chi connectivity index (χ0) is 69.8. The van der Waals surface area contributed by atoms with E-state index in [1.807, 2.05) is 218 Å². The third kappa shape index (κ3) is 8.73. The average molecular weight is 1170 g/mol. The molecule has 16 rings (SSSR count). The number of hydrogen-bond acceptors (Lipinski definition) is 3. The molecule has 0 radical (unpaired) electrons. The Morgan fingerprint density at radius 1 is 0.307 bits per heavy atom. The molecule has 1 aliphatic rings. The normalized spacial score (nSPS) is 15.6.